The number of hydrogen-bond donors (Lipinski definition) is 2. The monoisotopic (exact) mass is 589 g/mol. The highest BCUT2D eigenvalue weighted by Crippen LogP contribution is 2.41. The number of allylic oxidation sites excluding steroid dienone is 1. The normalized spacial score (nSPS) is 20.4. The Balaban J connectivity index is 0.00000167. The number of aromatic nitrogens is 2. The smallest absolute Gasteiger partial charge is 0.410 e. The summed E-state index contributed by atoms with van der Waals surface area (Å²) in [5, 5.41) is 6.00. The molecule has 194 valence electrons. The van der Waals surface area contributed by atoms with E-state index in [0.717, 1.165) is 33.4 Å². The topological polar surface area (TPSA) is 78.2 Å². The zero-order chi connectivity index (χ0) is 25.9. The van der Waals surface area contributed by atoms with Crippen LogP contribution in [0.5, 0.6) is 0 Å². The van der Waals surface area contributed by atoms with Gasteiger partial charge in [0.15, 0.2) is 24.0 Å². The van der Waals surface area contributed by atoms with E-state index < -0.39 is 5.60 Å². The highest BCUT2D eigenvalue weighted by Gasteiger charge is 2.39. The summed E-state index contributed by atoms with van der Waals surface area (Å²) < 4.78 is 22.7. The van der Waals surface area contributed by atoms with Gasteiger partial charge in [0.25, 0.3) is 0 Å². The van der Waals surface area contributed by atoms with Gasteiger partial charge in [-0.15, -0.1) is 3.89 Å². The molecule has 1 N–H and O–H groups in total. The predicted octanol–water partition coefficient (Wildman–Crippen LogP) is 5.28. The number of rotatable bonds is 4. The van der Waals surface area contributed by atoms with E-state index in [9.17, 15) is 8.68 Å². The first-order valence-electron chi connectivity index (χ1n) is 11.6. The van der Waals surface area contributed by atoms with Crippen LogP contribution in [0.2, 0.25) is 0 Å². The van der Waals surface area contributed by atoms with Crippen molar-refractivity contribution in [1.29, 1.82) is 0 Å². The molecule has 0 aliphatic carbocycles. The van der Waals surface area contributed by atoms with E-state index >= 15 is 0 Å². The number of ether oxygens (including phenoxy) is 1. The lowest BCUT2D eigenvalue weighted by Crippen LogP contribution is -2.46. The fraction of sp³-hybridized carbons (Fsp3) is 0.591. The first-order valence-corrected chi connectivity index (χ1v) is 13.5. The van der Waals surface area contributed by atoms with Gasteiger partial charge in [-0.25, -0.2) is 23.9 Å². The lowest BCUT2D eigenvalue weighted by atomic mass is 9.92. The molecule has 0 spiro atoms. The molecule has 0 radical (unpaired) electrons. The molecule has 3 aliphatic heterocycles. The van der Waals surface area contributed by atoms with Crippen molar-refractivity contribution in [2.75, 3.05) is 19.6 Å². The molecule has 1 unspecified atom stereocenters. The Morgan fingerprint density at radius 2 is 2.11 bits per heavy atom. The van der Waals surface area contributed by atoms with Crippen LogP contribution in [0.25, 0.3) is 5.57 Å². The number of halogens is 2. The van der Waals surface area contributed by atoms with Crippen molar-refractivity contribution in [3.05, 3.63) is 34.1 Å². The summed E-state index contributed by atoms with van der Waals surface area (Å²) in [5.74, 6) is 1.10. The molecule has 1 fully saturated rings. The Bertz CT molecular complexity index is 1040. The second-order valence-corrected chi connectivity index (χ2v) is 11.1. The maximum atomic E-state index is 13.6. The molecule has 1 atom stereocenters. The van der Waals surface area contributed by atoms with Gasteiger partial charge in [0, 0.05) is 49.9 Å². The maximum Gasteiger partial charge on any atom is 0.410 e. The number of nitrogens with one attached hydrogen (secondary N) is 1. The number of aryl methyl sites for hydroxylation is 1. The van der Waals surface area contributed by atoms with Gasteiger partial charge in [0.1, 0.15) is 5.60 Å². The van der Waals surface area contributed by atoms with E-state index in [0.29, 0.717) is 35.8 Å². The van der Waals surface area contributed by atoms with E-state index in [1.54, 1.807) is 20.8 Å². The summed E-state index contributed by atoms with van der Waals surface area (Å²) in [4.78, 5) is 19.4. The second-order valence-electron chi connectivity index (χ2n) is 9.12. The second kappa shape index (κ2) is 11.6. The van der Waals surface area contributed by atoms with Gasteiger partial charge >= 0.3 is 6.09 Å². The van der Waals surface area contributed by atoms with Crippen molar-refractivity contribution in [1.82, 2.24) is 28.8 Å². The van der Waals surface area contributed by atoms with E-state index in [2.05, 4.69) is 39.3 Å². The van der Waals surface area contributed by atoms with Crippen LogP contribution in [-0.2, 0) is 11.8 Å². The highest BCUT2D eigenvalue weighted by atomic mass is 79.9. The van der Waals surface area contributed by atoms with E-state index in [-0.39, 0.29) is 24.3 Å². The molecule has 35 heavy (non-hydrogen) atoms. The van der Waals surface area contributed by atoms with Crippen molar-refractivity contribution >= 4 is 58.5 Å². The van der Waals surface area contributed by atoms with Crippen LogP contribution in [0.1, 0.15) is 53.0 Å². The molecule has 1 saturated heterocycles. The number of hydrazine groups is 1. The third-order valence-corrected chi connectivity index (χ3v) is 6.95. The Morgan fingerprint density at radius 1 is 1.40 bits per heavy atom. The average Bonchev–Trinajstić information content (AvgIpc) is 3.44. The number of nitrogens with zero attached hydrogens (tertiary/aromatic N) is 6. The Morgan fingerprint density at radius 3 is 2.71 bits per heavy atom. The first kappa shape index (κ1) is 27.9. The number of carbonyl (C=O) groups is 1. The molecule has 1 aromatic rings. The van der Waals surface area contributed by atoms with Crippen molar-refractivity contribution in [2.45, 2.75) is 53.1 Å². The minimum atomic E-state index is -0.565. The number of fused-ring (bicyclic) bond motifs is 1. The Labute approximate surface area is 224 Å². The summed E-state index contributed by atoms with van der Waals surface area (Å²) >= 11 is 7.95. The van der Waals surface area contributed by atoms with Crippen LogP contribution in [0.3, 0.4) is 0 Å². The van der Waals surface area contributed by atoms with Crippen molar-refractivity contribution in [3.8, 4) is 0 Å². The summed E-state index contributed by atoms with van der Waals surface area (Å²) in [5.41, 5.74) is 5.33. The predicted molar refractivity (Wildman–Crippen MR) is 145 cm³/mol. The number of hydrogen-bond acceptors (Lipinski definition) is 9. The number of carbonyl (C=O) groups excluding carboxylic acids is 1. The zero-order valence-corrected chi connectivity index (χ0v) is 24.2. The molecule has 0 saturated carbocycles. The van der Waals surface area contributed by atoms with E-state index in [4.69, 9.17) is 9.73 Å². The van der Waals surface area contributed by atoms with E-state index in [1.807, 2.05) is 47.9 Å². The van der Waals surface area contributed by atoms with Gasteiger partial charge < -0.3 is 9.64 Å². The molecule has 1 amide bonds. The minimum absolute atomic E-state index is 0.00497. The van der Waals surface area contributed by atoms with E-state index in [1.165, 1.54) is 0 Å². The van der Waals surface area contributed by atoms with Crippen LogP contribution < -0.4 is 5.43 Å². The molecule has 3 aliphatic rings. The van der Waals surface area contributed by atoms with Gasteiger partial charge in [-0.2, -0.15) is 5.10 Å². The lowest BCUT2D eigenvalue weighted by molar-refractivity contribution is 0.0194. The molecule has 13 heteroatoms. The minimum Gasteiger partial charge on any atom is -0.444 e. The number of likely N-dealkylation sites (tertiary alicyclic amines) is 1. The van der Waals surface area contributed by atoms with Crippen LogP contribution in [0.4, 0.5) is 8.68 Å². The SMILES string of the molecule is CC.Cn1cc(C2=C3N=C(C4CCCN(C(=O)OC(C)(C)C)C4)C(Br)=C(N(S)SF)N3NC2)cn1. The summed E-state index contributed by atoms with van der Waals surface area (Å²) in [6.45, 7) is 11.2. The molecule has 1 aromatic heterocycles. The number of thiol groups is 1. The number of amides is 1. The molecular weight excluding hydrogens is 557 g/mol. The fourth-order valence-electron chi connectivity index (χ4n) is 4.09. The van der Waals surface area contributed by atoms with Crippen molar-refractivity contribution < 1.29 is 13.4 Å². The van der Waals surface area contributed by atoms with Gasteiger partial charge in [-0.1, -0.05) is 26.7 Å². The summed E-state index contributed by atoms with van der Waals surface area (Å²) in [6.07, 6.45) is 5.03. The van der Waals surface area contributed by atoms with Crippen LogP contribution in [-0.4, -0.2) is 60.4 Å². The Kier molecular flexibility index (Phi) is 9.22. The van der Waals surface area contributed by atoms with Gasteiger partial charge in [-0.05, 0) is 49.5 Å². The summed E-state index contributed by atoms with van der Waals surface area (Å²) in [7, 11) is 1.86. The molecule has 0 aromatic carbocycles. The zero-order valence-electron chi connectivity index (χ0n) is 20.9. The largest absolute Gasteiger partial charge is 0.444 e. The van der Waals surface area contributed by atoms with Gasteiger partial charge in [0.2, 0.25) is 0 Å². The van der Waals surface area contributed by atoms with Crippen LogP contribution >= 0.6 is 41.1 Å². The summed E-state index contributed by atoms with van der Waals surface area (Å²) in [6, 6.07) is 0. The molecule has 0 bridgehead atoms. The number of piperidine rings is 1. The fourth-order valence-corrected chi connectivity index (χ4v) is 5.54. The third-order valence-electron chi connectivity index (χ3n) is 5.51. The maximum absolute atomic E-state index is 13.6. The average molecular weight is 591 g/mol. The van der Waals surface area contributed by atoms with Gasteiger partial charge in [0.05, 0.1) is 16.4 Å². The first-order chi connectivity index (χ1) is 16.6. The molecule has 4 rings (SSSR count). The lowest BCUT2D eigenvalue weighted by Gasteiger charge is -2.37. The standard InChI is InChI=1S/C20H27BrFN7O2S2.C2H6/c1-20(2,3)31-19(30)27-7-5-6-12(11-27)16-15(21)18(29(32)33-22)28-17(25-16)14(9-24-28)13-8-23-26(4)10-13;1-2/h8,10,12,24,32H,5-7,9,11H2,1-4H3;1-2H3. The Hall–Kier alpha value is -1.70. The molecule has 4 heterocycles. The van der Waals surface area contributed by atoms with Crippen LogP contribution in [0.15, 0.2) is 33.5 Å². The van der Waals surface area contributed by atoms with Crippen molar-refractivity contribution in [2.24, 2.45) is 18.0 Å². The molecule has 9 nitrogen and oxygen atoms in total. The number of aliphatic imine (C=N–C) groups is 1. The highest BCUT2D eigenvalue weighted by molar-refractivity contribution is 9.12. The quantitative estimate of drug-likeness (QED) is 0.365. The van der Waals surface area contributed by atoms with Crippen molar-refractivity contribution in [3.63, 3.8) is 0 Å². The molecular formula is C22H33BrFN7O2S2. The van der Waals surface area contributed by atoms with Crippen LogP contribution in [0, 0.1) is 5.92 Å². The third kappa shape index (κ3) is 6.17. The van der Waals surface area contributed by atoms with Gasteiger partial charge in [-0.3, -0.25) is 4.68 Å².